The van der Waals surface area contributed by atoms with Gasteiger partial charge >= 0.3 is 6.03 Å². The molecule has 0 unspecified atom stereocenters. The first-order valence-corrected chi connectivity index (χ1v) is 11.7. The van der Waals surface area contributed by atoms with Gasteiger partial charge in [0.2, 0.25) is 5.88 Å². The molecule has 11 heteroatoms. The lowest BCUT2D eigenvalue weighted by atomic mass is 10.1. The molecule has 0 bridgehead atoms. The van der Waals surface area contributed by atoms with Gasteiger partial charge in [0.1, 0.15) is 30.5 Å². The standard InChI is InChI=1S/C26H25N9O2/c1-3-27-26(36)28-10-4-5-18-6-8-21-20(12-18)25(30-14-29-21)33-19-7-9-22(17(2)11-19)37-24-13-23-34-32-16-35(23)15-31-24/h4-9,11-16H,3,10H2,1-2H3,(H2,27,28,36)(H,29,30,33). The Morgan fingerprint density at radius 1 is 1.05 bits per heavy atom. The van der Waals surface area contributed by atoms with Crippen molar-refractivity contribution in [2.75, 3.05) is 18.4 Å². The third kappa shape index (κ3) is 5.61. The van der Waals surface area contributed by atoms with Crippen molar-refractivity contribution < 1.29 is 9.53 Å². The number of fused-ring (bicyclic) bond motifs is 2. The summed E-state index contributed by atoms with van der Waals surface area (Å²) in [5, 5.41) is 17.6. The number of anilines is 2. The minimum atomic E-state index is -0.190. The Morgan fingerprint density at radius 2 is 1.97 bits per heavy atom. The van der Waals surface area contributed by atoms with E-state index in [0.29, 0.717) is 36.2 Å². The van der Waals surface area contributed by atoms with E-state index in [1.165, 1.54) is 6.33 Å². The zero-order valence-corrected chi connectivity index (χ0v) is 20.3. The highest BCUT2D eigenvalue weighted by Gasteiger charge is 2.09. The van der Waals surface area contributed by atoms with Crippen LogP contribution in [0.5, 0.6) is 11.6 Å². The normalized spacial score (nSPS) is 11.2. The van der Waals surface area contributed by atoms with Crippen molar-refractivity contribution in [3.05, 3.63) is 78.6 Å². The number of hydrogen-bond donors (Lipinski definition) is 3. The number of carbonyl (C=O) groups is 1. The van der Waals surface area contributed by atoms with E-state index in [1.807, 2.05) is 62.4 Å². The molecule has 5 aromatic rings. The van der Waals surface area contributed by atoms with Gasteiger partial charge in [0, 0.05) is 30.2 Å². The van der Waals surface area contributed by atoms with Gasteiger partial charge in [-0.05, 0) is 55.3 Å². The molecule has 3 N–H and O–H groups in total. The lowest BCUT2D eigenvalue weighted by molar-refractivity contribution is 0.242. The van der Waals surface area contributed by atoms with E-state index in [0.717, 1.165) is 27.7 Å². The van der Waals surface area contributed by atoms with Gasteiger partial charge in [-0.2, -0.15) is 0 Å². The number of nitrogens with zero attached hydrogens (tertiary/aromatic N) is 6. The average Bonchev–Trinajstić information content (AvgIpc) is 3.37. The maximum absolute atomic E-state index is 11.5. The summed E-state index contributed by atoms with van der Waals surface area (Å²) in [6.07, 6.45) is 8.57. The van der Waals surface area contributed by atoms with Crippen LogP contribution >= 0.6 is 0 Å². The number of aryl methyl sites for hydroxylation is 1. The number of aromatic nitrogens is 6. The van der Waals surface area contributed by atoms with Crippen molar-refractivity contribution in [1.29, 1.82) is 0 Å². The fourth-order valence-corrected chi connectivity index (χ4v) is 3.70. The van der Waals surface area contributed by atoms with Gasteiger partial charge in [0.25, 0.3) is 0 Å². The largest absolute Gasteiger partial charge is 0.439 e. The molecule has 0 saturated heterocycles. The van der Waals surface area contributed by atoms with Gasteiger partial charge in [0.15, 0.2) is 5.65 Å². The molecule has 3 aromatic heterocycles. The van der Waals surface area contributed by atoms with Crippen LogP contribution in [0.2, 0.25) is 0 Å². The zero-order valence-electron chi connectivity index (χ0n) is 20.3. The SMILES string of the molecule is CCNC(=O)NCC=Cc1ccc2ncnc(Nc3ccc(Oc4cc5nncn5cn4)c(C)c3)c2c1. The number of amides is 2. The summed E-state index contributed by atoms with van der Waals surface area (Å²) in [5.41, 5.74) is 4.23. The number of ether oxygens (including phenoxy) is 1. The lowest BCUT2D eigenvalue weighted by Gasteiger charge is -2.12. The molecule has 0 radical (unpaired) electrons. The van der Waals surface area contributed by atoms with Gasteiger partial charge in [-0.1, -0.05) is 18.2 Å². The Balaban J connectivity index is 1.31. The van der Waals surface area contributed by atoms with E-state index in [1.54, 1.807) is 23.1 Å². The van der Waals surface area contributed by atoms with Crippen molar-refractivity contribution in [2.24, 2.45) is 0 Å². The van der Waals surface area contributed by atoms with Crippen LogP contribution in [0.1, 0.15) is 18.1 Å². The van der Waals surface area contributed by atoms with Crippen molar-refractivity contribution in [1.82, 2.24) is 40.2 Å². The molecular weight excluding hydrogens is 470 g/mol. The minimum absolute atomic E-state index is 0.190. The summed E-state index contributed by atoms with van der Waals surface area (Å²) in [5.74, 6) is 1.81. The van der Waals surface area contributed by atoms with Gasteiger partial charge in [-0.25, -0.2) is 19.7 Å². The molecule has 2 aromatic carbocycles. The van der Waals surface area contributed by atoms with Crippen molar-refractivity contribution >= 4 is 40.2 Å². The Morgan fingerprint density at radius 3 is 2.84 bits per heavy atom. The van der Waals surface area contributed by atoms with E-state index in [-0.39, 0.29) is 6.03 Å². The van der Waals surface area contributed by atoms with Crippen LogP contribution in [-0.4, -0.2) is 48.7 Å². The number of carbonyl (C=O) groups excluding carboxylic acids is 1. The van der Waals surface area contributed by atoms with E-state index in [2.05, 4.69) is 41.1 Å². The highest BCUT2D eigenvalue weighted by atomic mass is 16.5. The Hall–Kier alpha value is -5.06. The molecular formula is C26H25N9O2. The van der Waals surface area contributed by atoms with E-state index >= 15 is 0 Å². The van der Waals surface area contributed by atoms with Gasteiger partial charge < -0.3 is 20.7 Å². The molecule has 37 heavy (non-hydrogen) atoms. The highest BCUT2D eigenvalue weighted by molar-refractivity contribution is 5.92. The van der Waals surface area contributed by atoms with E-state index in [4.69, 9.17) is 4.74 Å². The topological polar surface area (TPSA) is 131 Å². The molecule has 0 aliphatic heterocycles. The number of benzene rings is 2. The Bertz CT molecular complexity index is 1600. The number of hydrogen-bond acceptors (Lipinski definition) is 8. The maximum atomic E-state index is 11.5. The molecule has 0 aliphatic carbocycles. The second-order valence-electron chi connectivity index (χ2n) is 8.17. The van der Waals surface area contributed by atoms with Gasteiger partial charge in [-0.3, -0.25) is 4.40 Å². The molecule has 2 amide bonds. The van der Waals surface area contributed by atoms with Crippen molar-refractivity contribution in [2.45, 2.75) is 13.8 Å². The van der Waals surface area contributed by atoms with Crippen molar-refractivity contribution in [3.63, 3.8) is 0 Å². The summed E-state index contributed by atoms with van der Waals surface area (Å²) in [6.45, 7) is 4.85. The lowest BCUT2D eigenvalue weighted by Crippen LogP contribution is -2.35. The van der Waals surface area contributed by atoms with Crippen LogP contribution in [0.15, 0.2) is 67.5 Å². The number of rotatable bonds is 8. The Labute approximate surface area is 212 Å². The number of nitrogens with one attached hydrogen (secondary N) is 3. The van der Waals surface area contributed by atoms with Crippen LogP contribution in [0, 0.1) is 6.92 Å². The molecule has 0 saturated carbocycles. The highest BCUT2D eigenvalue weighted by Crippen LogP contribution is 2.29. The fourth-order valence-electron chi connectivity index (χ4n) is 3.70. The second-order valence-corrected chi connectivity index (χ2v) is 8.17. The third-order valence-corrected chi connectivity index (χ3v) is 5.50. The molecule has 0 spiro atoms. The van der Waals surface area contributed by atoms with Crippen LogP contribution in [0.3, 0.4) is 0 Å². The van der Waals surface area contributed by atoms with Crippen LogP contribution < -0.4 is 20.7 Å². The molecule has 11 nitrogen and oxygen atoms in total. The maximum Gasteiger partial charge on any atom is 0.315 e. The van der Waals surface area contributed by atoms with Crippen LogP contribution in [0.4, 0.5) is 16.3 Å². The summed E-state index contributed by atoms with van der Waals surface area (Å²) in [6, 6.07) is 13.3. The predicted octanol–water partition coefficient (Wildman–Crippen LogP) is 4.24. The molecule has 0 atom stereocenters. The molecule has 186 valence electrons. The molecule has 3 heterocycles. The van der Waals surface area contributed by atoms with Gasteiger partial charge in [-0.15, -0.1) is 10.2 Å². The van der Waals surface area contributed by atoms with Gasteiger partial charge in [0.05, 0.1) is 5.52 Å². The first-order chi connectivity index (χ1) is 18.1. The monoisotopic (exact) mass is 495 g/mol. The first-order valence-electron chi connectivity index (χ1n) is 11.7. The zero-order chi connectivity index (χ0) is 25.6. The van der Waals surface area contributed by atoms with Crippen LogP contribution in [0.25, 0.3) is 22.6 Å². The molecule has 0 fully saturated rings. The predicted molar refractivity (Wildman–Crippen MR) is 141 cm³/mol. The first kappa shape index (κ1) is 23.7. The quantitative estimate of drug-likeness (QED) is 0.291. The Kier molecular flexibility index (Phi) is 6.84. The fraction of sp³-hybridized carbons (Fsp3) is 0.154. The van der Waals surface area contributed by atoms with E-state index in [9.17, 15) is 4.79 Å². The summed E-state index contributed by atoms with van der Waals surface area (Å²) >= 11 is 0. The van der Waals surface area contributed by atoms with Crippen LogP contribution in [-0.2, 0) is 0 Å². The molecule has 0 aliphatic rings. The second kappa shape index (κ2) is 10.7. The summed E-state index contributed by atoms with van der Waals surface area (Å²) in [7, 11) is 0. The minimum Gasteiger partial charge on any atom is -0.439 e. The van der Waals surface area contributed by atoms with E-state index < -0.39 is 0 Å². The summed E-state index contributed by atoms with van der Waals surface area (Å²) in [4.78, 5) is 24.7. The average molecular weight is 496 g/mol. The summed E-state index contributed by atoms with van der Waals surface area (Å²) < 4.78 is 7.68. The third-order valence-electron chi connectivity index (χ3n) is 5.50. The molecule has 5 rings (SSSR count). The number of urea groups is 1. The smallest absolute Gasteiger partial charge is 0.315 e. The van der Waals surface area contributed by atoms with Crippen molar-refractivity contribution in [3.8, 4) is 11.6 Å².